The van der Waals surface area contributed by atoms with Crippen molar-refractivity contribution >= 4 is 64.8 Å². The van der Waals surface area contributed by atoms with Gasteiger partial charge in [-0.2, -0.15) is 34.0 Å². The minimum Gasteiger partial charge on any atom is -0.492 e. The molecule has 0 radical (unpaired) electrons. The van der Waals surface area contributed by atoms with Gasteiger partial charge in [-0.15, -0.1) is 4.73 Å². The van der Waals surface area contributed by atoms with Crippen molar-refractivity contribution in [3.63, 3.8) is 0 Å². The first kappa shape index (κ1) is 55.6. The lowest BCUT2D eigenvalue weighted by atomic mass is 9.81. The molecular weight excluding hydrogens is 1040 g/mol. The van der Waals surface area contributed by atoms with Crippen LogP contribution in [0.1, 0.15) is 96.6 Å². The molecule has 0 amide bonds. The zero-order chi connectivity index (χ0) is 54.0. The van der Waals surface area contributed by atoms with Crippen LogP contribution in [0.4, 0.5) is 11.4 Å². The van der Waals surface area contributed by atoms with E-state index in [0.29, 0.717) is 79.8 Å². The first-order valence-corrected chi connectivity index (χ1v) is 29.0. The van der Waals surface area contributed by atoms with Gasteiger partial charge >= 0.3 is 17.3 Å². The monoisotopic (exact) mass is 1100 g/mol. The zero-order valence-electron chi connectivity index (χ0n) is 40.9. The van der Waals surface area contributed by atoms with Gasteiger partial charge in [0.1, 0.15) is 23.8 Å². The normalized spacial score (nSPS) is 18.1. The molecule has 1 aromatic heterocycles. The molecule has 0 saturated carbocycles. The van der Waals surface area contributed by atoms with E-state index in [-0.39, 0.29) is 34.1 Å². The minimum atomic E-state index is -4.57. The van der Waals surface area contributed by atoms with Crippen molar-refractivity contribution in [3.8, 4) is 23.3 Å². The van der Waals surface area contributed by atoms with E-state index < -0.39 is 76.0 Å². The first-order chi connectivity index (χ1) is 34.6. The molecule has 0 bridgehead atoms. The molecule has 7 rings (SSSR count). The molecule has 3 heterocycles. The third kappa shape index (κ3) is 12.9. The lowest BCUT2D eigenvalue weighted by Crippen LogP contribution is -2.28. The van der Waals surface area contributed by atoms with Crippen molar-refractivity contribution in [2.24, 2.45) is 0 Å². The van der Waals surface area contributed by atoms with Gasteiger partial charge in [-0.1, -0.05) is 26.3 Å². The van der Waals surface area contributed by atoms with Crippen LogP contribution in [0, 0.1) is 0 Å². The van der Waals surface area contributed by atoms with Gasteiger partial charge in [0.25, 0.3) is 30.4 Å². The number of ether oxygens (including phenoxy) is 1. The van der Waals surface area contributed by atoms with E-state index in [2.05, 4.69) is 0 Å². The average Bonchev–Trinajstić information content (AvgIpc) is 3.82. The third-order valence-electron chi connectivity index (χ3n) is 13.2. The van der Waals surface area contributed by atoms with E-state index in [1.54, 1.807) is 24.3 Å². The number of anilines is 1. The van der Waals surface area contributed by atoms with Crippen LogP contribution in [0.25, 0.3) is 0 Å². The van der Waals surface area contributed by atoms with Crippen LogP contribution in [0.2, 0.25) is 0 Å². The average molecular weight is 1100 g/mol. The maximum absolute atomic E-state index is 12.6. The molecule has 398 valence electrons. The van der Waals surface area contributed by atoms with Gasteiger partial charge in [-0.25, -0.2) is 4.79 Å². The number of aromatic nitrogens is 1. The second-order valence-electron chi connectivity index (χ2n) is 19.0. The molecule has 3 aromatic carbocycles. The van der Waals surface area contributed by atoms with Crippen LogP contribution in [-0.2, 0) is 57.3 Å². The van der Waals surface area contributed by atoms with Crippen molar-refractivity contribution in [1.29, 1.82) is 0 Å². The summed E-state index contributed by atoms with van der Waals surface area (Å²) in [6.45, 7) is 8.56. The number of carbonyl (C=O) groups excluding carboxylic acids is 1. The summed E-state index contributed by atoms with van der Waals surface area (Å²) in [6, 6.07) is 17.0. The van der Waals surface area contributed by atoms with Crippen molar-refractivity contribution in [2.75, 3.05) is 23.7 Å². The number of hydrogen-bond acceptors (Lipinski definition) is 14. The maximum Gasteiger partial charge on any atom is 0.357 e. The van der Waals surface area contributed by atoms with E-state index in [0.717, 1.165) is 33.8 Å². The molecule has 74 heavy (non-hydrogen) atoms. The summed E-state index contributed by atoms with van der Waals surface area (Å²) in [5, 5.41) is 19.7. The Hall–Kier alpha value is -6.12. The highest BCUT2D eigenvalue weighted by atomic mass is 32.2. The summed E-state index contributed by atoms with van der Waals surface area (Å²) in [6.07, 6.45) is 11.4. The van der Waals surface area contributed by atoms with Crippen molar-refractivity contribution in [3.05, 3.63) is 131 Å². The standard InChI is InChI=1S/C50H57N3O17S4/c1-49(2)39-31-36(70-71(57)58)18-22-41(39)52(29-8-9-30-72(59,60)61)43(49)24-14-33-11-10-12-34(48(33)68-35-16-19-37(20-17-35)73(62,63)64)15-25-44-50(3,4)40-32-38(74(65,66)67)21-23-42(40)51(44)28-7-5-6-13-47(56)69-53-45(54)26-27-46(53)55/h14-27,31-32H,5-13,28-30H2,1-4H3,(H5-,54,55,57,58,59,60,61,62,63,64,65,66,67)/p+1. The Bertz CT molecular complexity index is 3350. The topological polar surface area (TPSA) is 297 Å². The fourth-order valence-corrected chi connectivity index (χ4v) is 11.3. The van der Waals surface area contributed by atoms with Crippen molar-refractivity contribution in [2.45, 2.75) is 106 Å². The van der Waals surface area contributed by atoms with Gasteiger partial charge < -0.3 is 28.9 Å². The Labute approximate surface area is 432 Å². The molecule has 2 aliphatic heterocycles. The summed E-state index contributed by atoms with van der Waals surface area (Å²) >= 11 is -2.59. The molecule has 1 aliphatic carbocycles. The van der Waals surface area contributed by atoms with E-state index in [9.17, 15) is 62.7 Å². The number of aromatic hydroxyl groups is 2. The van der Waals surface area contributed by atoms with Gasteiger partial charge in [0.05, 0.1) is 21.0 Å². The van der Waals surface area contributed by atoms with Crippen LogP contribution < -0.4 is 18.7 Å². The maximum atomic E-state index is 12.6. The van der Waals surface area contributed by atoms with Gasteiger partial charge in [0.2, 0.25) is 17.4 Å². The molecule has 0 spiro atoms. The number of nitrogens with zero attached hydrogens (tertiary/aromatic N) is 3. The van der Waals surface area contributed by atoms with Crippen LogP contribution >= 0.6 is 0 Å². The highest BCUT2D eigenvalue weighted by Gasteiger charge is 2.45. The number of benzene rings is 3. The SMILES string of the molecule is CC1(C)C(=CC=C2CCCC(C=CC3=[N+](CCCCS(=O)(=O)O)c4ccc(OS(=O)O)cc4C3(C)C)=C2Oc2ccc(S(=O)(=O)O)cc2)N(CCCCCC(=O)On2c(O)ccc2O)c2ccc(S(=O)(=O)O)cc21. The number of fused-ring (bicyclic) bond motifs is 2. The Morgan fingerprint density at radius 3 is 2.05 bits per heavy atom. The summed E-state index contributed by atoms with van der Waals surface area (Å²) in [5.74, 6) is -1.12. The smallest absolute Gasteiger partial charge is 0.357 e. The van der Waals surface area contributed by atoms with Gasteiger partial charge in [-0.3, -0.25) is 18.2 Å². The lowest BCUT2D eigenvalue weighted by Gasteiger charge is -2.27. The molecule has 1 atom stereocenters. The summed E-state index contributed by atoms with van der Waals surface area (Å²) in [4.78, 5) is 19.1. The molecule has 0 saturated heterocycles. The predicted octanol–water partition coefficient (Wildman–Crippen LogP) is 7.85. The highest BCUT2D eigenvalue weighted by Crippen LogP contribution is 2.49. The number of carbonyl (C=O) groups is 1. The lowest BCUT2D eigenvalue weighted by molar-refractivity contribution is -0.438. The number of unbranched alkanes of at least 4 members (excludes halogenated alkanes) is 3. The predicted molar refractivity (Wildman–Crippen MR) is 274 cm³/mol. The molecular formula is C50H58N3O17S4+. The largest absolute Gasteiger partial charge is 0.492 e. The summed E-state index contributed by atoms with van der Waals surface area (Å²) < 4.78 is 137. The first-order valence-electron chi connectivity index (χ1n) is 23.5. The minimum absolute atomic E-state index is 0.0153. The third-order valence-corrected chi connectivity index (χ3v) is 16.0. The molecule has 3 aliphatic rings. The van der Waals surface area contributed by atoms with Crippen LogP contribution in [-0.4, -0.2) is 97.7 Å². The number of allylic oxidation sites excluding steroid dienone is 7. The van der Waals surface area contributed by atoms with E-state index >= 15 is 0 Å². The molecule has 0 fully saturated rings. The second kappa shape index (κ2) is 22.0. The highest BCUT2D eigenvalue weighted by molar-refractivity contribution is 7.86. The van der Waals surface area contributed by atoms with Gasteiger partial charge in [0.15, 0.2) is 5.71 Å². The van der Waals surface area contributed by atoms with Gasteiger partial charge in [-0.05, 0) is 136 Å². The Morgan fingerprint density at radius 1 is 0.743 bits per heavy atom. The summed E-state index contributed by atoms with van der Waals surface area (Å²) in [7, 11) is -13.3. The van der Waals surface area contributed by atoms with Crippen LogP contribution in [0.5, 0.6) is 23.3 Å². The Morgan fingerprint density at radius 2 is 1.41 bits per heavy atom. The summed E-state index contributed by atoms with van der Waals surface area (Å²) in [5.41, 5.74) is 4.32. The Balaban J connectivity index is 1.27. The molecule has 6 N–H and O–H groups in total. The quantitative estimate of drug-likeness (QED) is 0.0200. The molecule has 20 nitrogen and oxygen atoms in total. The van der Waals surface area contributed by atoms with Crippen LogP contribution in [0.3, 0.4) is 0 Å². The molecule has 24 heteroatoms. The van der Waals surface area contributed by atoms with E-state index in [4.69, 9.17) is 13.8 Å². The number of hydrogen-bond donors (Lipinski definition) is 6. The molecule has 1 unspecified atom stereocenters. The zero-order valence-corrected chi connectivity index (χ0v) is 44.1. The number of rotatable bonds is 21. The van der Waals surface area contributed by atoms with Crippen molar-refractivity contribution < 1.29 is 81.0 Å². The molecule has 4 aromatic rings. The van der Waals surface area contributed by atoms with Crippen molar-refractivity contribution in [1.82, 2.24) is 4.73 Å². The van der Waals surface area contributed by atoms with E-state index in [1.165, 1.54) is 48.5 Å². The van der Waals surface area contributed by atoms with Gasteiger partial charge in [0, 0.05) is 66.0 Å². The fourth-order valence-electron chi connectivity index (χ4n) is 9.51. The van der Waals surface area contributed by atoms with Crippen LogP contribution in [0.15, 0.2) is 129 Å². The second-order valence-corrected chi connectivity index (χ2v) is 24.0. The Kier molecular flexibility index (Phi) is 16.5. The van der Waals surface area contributed by atoms with E-state index in [1.807, 2.05) is 61.5 Å². The fraction of sp³-hybridized carbons (Fsp3) is 0.360.